The van der Waals surface area contributed by atoms with Gasteiger partial charge in [-0.1, -0.05) is 6.42 Å². The average Bonchev–Trinajstić information content (AvgIpc) is 2.91. The summed E-state index contributed by atoms with van der Waals surface area (Å²) in [6, 6.07) is 0. The molecule has 18 heavy (non-hydrogen) atoms. The van der Waals surface area contributed by atoms with E-state index in [0.29, 0.717) is 5.92 Å². The van der Waals surface area contributed by atoms with Crippen LogP contribution in [0.4, 0.5) is 0 Å². The first-order valence-electron chi connectivity index (χ1n) is 6.92. The van der Waals surface area contributed by atoms with Crippen molar-refractivity contribution in [3.05, 3.63) is 11.6 Å². The van der Waals surface area contributed by atoms with Gasteiger partial charge in [-0.25, -0.2) is 0 Å². The molecule has 0 spiro atoms. The zero-order valence-electron chi connectivity index (χ0n) is 11.0. The van der Waals surface area contributed by atoms with Crippen molar-refractivity contribution in [2.75, 3.05) is 20.3 Å². The molecule has 0 unspecified atom stereocenters. The lowest BCUT2D eigenvalue weighted by molar-refractivity contribution is 0.0509. The first kappa shape index (κ1) is 12.1. The molecule has 5 nitrogen and oxygen atoms in total. The number of rotatable bonds is 3. The summed E-state index contributed by atoms with van der Waals surface area (Å²) in [6.45, 7) is 2.59. The number of aryl methyl sites for hydroxylation is 1. The van der Waals surface area contributed by atoms with E-state index in [1.165, 1.54) is 19.3 Å². The van der Waals surface area contributed by atoms with Crippen LogP contribution in [0.1, 0.15) is 43.4 Å². The quantitative estimate of drug-likeness (QED) is 0.821. The lowest BCUT2D eigenvalue weighted by atomic mass is 10.0. The molecule has 1 aromatic heterocycles. The molecule has 100 valence electrons. The van der Waals surface area contributed by atoms with Crippen LogP contribution in [0.25, 0.3) is 0 Å². The Kier molecular flexibility index (Phi) is 3.61. The summed E-state index contributed by atoms with van der Waals surface area (Å²) in [6.07, 6.45) is 5.92. The fourth-order valence-corrected chi connectivity index (χ4v) is 3.02. The summed E-state index contributed by atoms with van der Waals surface area (Å²) in [7, 11) is 1.75. The Morgan fingerprint density at radius 3 is 3.17 bits per heavy atom. The van der Waals surface area contributed by atoms with Crippen molar-refractivity contribution in [2.45, 2.75) is 44.8 Å². The SMILES string of the molecule is COC[C@@H]1CCO[C@@H]1c1nnc2n1CCCCC2. The maximum absolute atomic E-state index is 5.87. The monoisotopic (exact) mass is 251 g/mol. The number of aromatic nitrogens is 3. The Balaban J connectivity index is 1.85. The van der Waals surface area contributed by atoms with Crippen LogP contribution in [0.5, 0.6) is 0 Å². The fraction of sp³-hybridized carbons (Fsp3) is 0.846. The number of methoxy groups -OCH3 is 1. The van der Waals surface area contributed by atoms with Gasteiger partial charge in [0.1, 0.15) is 11.9 Å². The third-order valence-electron chi connectivity index (χ3n) is 3.99. The molecule has 3 rings (SSSR count). The molecule has 0 saturated carbocycles. The Hall–Kier alpha value is -0.940. The second kappa shape index (κ2) is 5.36. The van der Waals surface area contributed by atoms with Crippen LogP contribution in [0, 0.1) is 5.92 Å². The summed E-state index contributed by atoms with van der Waals surface area (Å²) in [4.78, 5) is 0. The minimum absolute atomic E-state index is 0.0734. The molecule has 0 amide bonds. The van der Waals surface area contributed by atoms with E-state index < -0.39 is 0 Å². The standard InChI is InChI=1S/C13H21N3O2/c1-17-9-10-6-8-18-12(10)13-15-14-11-5-3-2-4-7-16(11)13/h10,12H,2-9H2,1H3/t10-,12-/m0/s1. The molecule has 0 radical (unpaired) electrons. The first-order chi connectivity index (χ1) is 8.90. The van der Waals surface area contributed by atoms with Crippen LogP contribution in [-0.2, 0) is 22.4 Å². The van der Waals surface area contributed by atoms with Crippen molar-refractivity contribution in [1.29, 1.82) is 0 Å². The van der Waals surface area contributed by atoms with E-state index in [1.54, 1.807) is 7.11 Å². The predicted molar refractivity (Wildman–Crippen MR) is 66.3 cm³/mol. The van der Waals surface area contributed by atoms with Gasteiger partial charge < -0.3 is 14.0 Å². The molecule has 1 saturated heterocycles. The van der Waals surface area contributed by atoms with Crippen molar-refractivity contribution in [3.8, 4) is 0 Å². The van der Waals surface area contributed by atoms with E-state index in [-0.39, 0.29) is 6.10 Å². The van der Waals surface area contributed by atoms with Gasteiger partial charge in [0.15, 0.2) is 5.82 Å². The molecular formula is C13H21N3O2. The van der Waals surface area contributed by atoms with E-state index in [1.807, 2.05) is 0 Å². The normalized spacial score (nSPS) is 28.1. The van der Waals surface area contributed by atoms with Gasteiger partial charge in [0.25, 0.3) is 0 Å². The van der Waals surface area contributed by atoms with E-state index in [9.17, 15) is 0 Å². The fourth-order valence-electron chi connectivity index (χ4n) is 3.02. The number of ether oxygens (including phenoxy) is 2. The Morgan fingerprint density at radius 1 is 1.33 bits per heavy atom. The summed E-state index contributed by atoms with van der Waals surface area (Å²) in [5, 5.41) is 8.73. The molecule has 0 aromatic carbocycles. The van der Waals surface area contributed by atoms with Crippen molar-refractivity contribution in [2.24, 2.45) is 5.92 Å². The molecule has 3 heterocycles. The summed E-state index contributed by atoms with van der Waals surface area (Å²) in [5.74, 6) is 2.58. The number of nitrogens with zero attached hydrogens (tertiary/aromatic N) is 3. The van der Waals surface area contributed by atoms with Crippen molar-refractivity contribution in [1.82, 2.24) is 14.8 Å². The van der Waals surface area contributed by atoms with E-state index in [4.69, 9.17) is 9.47 Å². The van der Waals surface area contributed by atoms with Crippen molar-refractivity contribution >= 4 is 0 Å². The summed E-state index contributed by atoms with van der Waals surface area (Å²) < 4.78 is 13.4. The van der Waals surface area contributed by atoms with Crippen LogP contribution in [0.2, 0.25) is 0 Å². The molecule has 2 aliphatic heterocycles. The molecule has 0 aliphatic carbocycles. The zero-order chi connectivity index (χ0) is 12.4. The minimum atomic E-state index is 0.0734. The van der Waals surface area contributed by atoms with E-state index >= 15 is 0 Å². The Bertz CT molecular complexity index is 405. The zero-order valence-corrected chi connectivity index (χ0v) is 11.0. The van der Waals surface area contributed by atoms with Crippen molar-refractivity contribution < 1.29 is 9.47 Å². The van der Waals surface area contributed by atoms with Crippen molar-refractivity contribution in [3.63, 3.8) is 0 Å². The molecule has 2 atom stereocenters. The van der Waals surface area contributed by atoms with Crippen LogP contribution < -0.4 is 0 Å². The lowest BCUT2D eigenvalue weighted by Gasteiger charge is -2.18. The lowest BCUT2D eigenvalue weighted by Crippen LogP contribution is -2.18. The van der Waals surface area contributed by atoms with Gasteiger partial charge in [-0.15, -0.1) is 10.2 Å². The van der Waals surface area contributed by atoms with Gasteiger partial charge in [-0.2, -0.15) is 0 Å². The molecule has 5 heteroatoms. The first-order valence-corrected chi connectivity index (χ1v) is 6.92. The molecule has 0 bridgehead atoms. The van der Waals surface area contributed by atoms with Gasteiger partial charge in [-0.05, 0) is 19.3 Å². The molecule has 1 fully saturated rings. The number of fused-ring (bicyclic) bond motifs is 1. The average molecular weight is 251 g/mol. The topological polar surface area (TPSA) is 49.2 Å². The maximum Gasteiger partial charge on any atom is 0.162 e. The van der Waals surface area contributed by atoms with Gasteiger partial charge in [0.2, 0.25) is 0 Å². The Labute approximate surface area is 107 Å². The van der Waals surface area contributed by atoms with E-state index in [0.717, 1.165) is 44.2 Å². The second-order valence-corrected chi connectivity index (χ2v) is 5.23. The highest BCUT2D eigenvalue weighted by molar-refractivity contribution is 5.04. The highest BCUT2D eigenvalue weighted by atomic mass is 16.5. The van der Waals surface area contributed by atoms with Crippen LogP contribution in [-0.4, -0.2) is 35.1 Å². The third kappa shape index (κ3) is 2.17. The van der Waals surface area contributed by atoms with Gasteiger partial charge in [-0.3, -0.25) is 0 Å². The Morgan fingerprint density at radius 2 is 2.28 bits per heavy atom. The molecule has 2 aliphatic rings. The predicted octanol–water partition coefficient (Wildman–Crippen LogP) is 1.73. The summed E-state index contributed by atoms with van der Waals surface area (Å²) in [5.41, 5.74) is 0. The van der Waals surface area contributed by atoms with E-state index in [2.05, 4.69) is 14.8 Å². The number of hydrogen-bond acceptors (Lipinski definition) is 4. The highest BCUT2D eigenvalue weighted by Crippen LogP contribution is 2.34. The van der Waals surface area contributed by atoms with Gasteiger partial charge in [0.05, 0.1) is 6.61 Å². The van der Waals surface area contributed by atoms with Gasteiger partial charge in [0, 0.05) is 32.6 Å². The highest BCUT2D eigenvalue weighted by Gasteiger charge is 2.34. The van der Waals surface area contributed by atoms with Crippen LogP contribution >= 0.6 is 0 Å². The minimum Gasteiger partial charge on any atom is -0.384 e. The summed E-state index contributed by atoms with van der Waals surface area (Å²) >= 11 is 0. The van der Waals surface area contributed by atoms with Crippen LogP contribution in [0.15, 0.2) is 0 Å². The largest absolute Gasteiger partial charge is 0.384 e. The molecule has 0 N–H and O–H groups in total. The van der Waals surface area contributed by atoms with Crippen LogP contribution in [0.3, 0.4) is 0 Å². The smallest absolute Gasteiger partial charge is 0.162 e. The molecule has 1 aromatic rings. The molecular weight excluding hydrogens is 230 g/mol. The third-order valence-corrected chi connectivity index (χ3v) is 3.99. The second-order valence-electron chi connectivity index (χ2n) is 5.23. The number of hydrogen-bond donors (Lipinski definition) is 0. The maximum atomic E-state index is 5.87. The van der Waals surface area contributed by atoms with Gasteiger partial charge >= 0.3 is 0 Å².